The average molecular weight is 380 g/mol. The summed E-state index contributed by atoms with van der Waals surface area (Å²) in [6, 6.07) is 6.86. The van der Waals surface area contributed by atoms with Crippen LogP contribution in [-0.4, -0.2) is 18.5 Å². The number of benzene rings is 1. The number of aryl methyl sites for hydroxylation is 1. The summed E-state index contributed by atoms with van der Waals surface area (Å²) < 4.78 is 64.1. The molecule has 0 radical (unpaired) electrons. The maximum atomic E-state index is 14.8. The summed E-state index contributed by atoms with van der Waals surface area (Å²) in [5.41, 5.74) is -2.95. The van der Waals surface area contributed by atoms with Crippen molar-refractivity contribution in [3.05, 3.63) is 28.8 Å². The first-order valence-electron chi connectivity index (χ1n) is 8.94. The highest BCUT2D eigenvalue weighted by Crippen LogP contribution is 2.70. The molecule has 3 aliphatic carbocycles. The van der Waals surface area contributed by atoms with Crippen molar-refractivity contribution in [3.63, 3.8) is 0 Å². The Balaban J connectivity index is 1.94. The lowest BCUT2D eigenvalue weighted by atomic mass is 9.50. The molecule has 0 N–H and O–H groups in total. The van der Waals surface area contributed by atoms with Crippen LogP contribution in [0.4, 0.5) is 17.6 Å². The molecule has 0 aromatic heterocycles. The number of nitriles is 2. The SMILES string of the molecule is CCc1ccc(OCC23CCC(C)(CC2)C(F)(F)C3(F)F)c(C#N)c1C#N. The van der Waals surface area contributed by atoms with E-state index in [1.807, 2.05) is 19.1 Å². The molecule has 2 bridgehead atoms. The third-order valence-electron chi connectivity index (χ3n) is 6.49. The van der Waals surface area contributed by atoms with Crippen molar-refractivity contribution in [3.8, 4) is 17.9 Å². The predicted octanol–water partition coefficient (Wildman–Crippen LogP) is 5.22. The lowest BCUT2D eigenvalue weighted by Crippen LogP contribution is -2.70. The van der Waals surface area contributed by atoms with Gasteiger partial charge < -0.3 is 4.74 Å². The number of hydrogen-bond acceptors (Lipinski definition) is 3. The smallest absolute Gasteiger partial charge is 0.319 e. The maximum Gasteiger partial charge on any atom is 0.319 e. The van der Waals surface area contributed by atoms with Gasteiger partial charge in [0, 0.05) is 5.41 Å². The van der Waals surface area contributed by atoms with Crippen LogP contribution in [0.1, 0.15) is 56.2 Å². The largest absolute Gasteiger partial charge is 0.491 e. The molecular formula is C20H20F4N2O. The van der Waals surface area contributed by atoms with Crippen LogP contribution in [0.3, 0.4) is 0 Å². The Morgan fingerprint density at radius 3 is 2.07 bits per heavy atom. The Bertz CT molecular complexity index is 843. The first-order chi connectivity index (χ1) is 12.6. The zero-order chi connectivity index (χ0) is 20.1. The Morgan fingerprint density at radius 1 is 0.963 bits per heavy atom. The van der Waals surface area contributed by atoms with E-state index in [2.05, 4.69) is 0 Å². The summed E-state index contributed by atoms with van der Waals surface area (Å²) in [5.74, 6) is -8.32. The van der Waals surface area contributed by atoms with Gasteiger partial charge in [-0.1, -0.05) is 19.9 Å². The van der Waals surface area contributed by atoms with Crippen LogP contribution < -0.4 is 4.74 Å². The lowest BCUT2D eigenvalue weighted by molar-refractivity contribution is -0.367. The third kappa shape index (κ3) is 2.44. The minimum atomic E-state index is -4.19. The summed E-state index contributed by atoms with van der Waals surface area (Å²) in [4.78, 5) is 0. The van der Waals surface area contributed by atoms with E-state index in [4.69, 9.17) is 4.74 Å². The van der Waals surface area contributed by atoms with E-state index in [0.717, 1.165) is 0 Å². The second kappa shape index (κ2) is 6.12. The topological polar surface area (TPSA) is 56.8 Å². The molecule has 0 aliphatic heterocycles. The molecule has 0 spiro atoms. The van der Waals surface area contributed by atoms with E-state index >= 15 is 0 Å². The van der Waals surface area contributed by atoms with Crippen molar-refractivity contribution in [2.75, 3.05) is 6.61 Å². The quantitative estimate of drug-likeness (QED) is 0.673. The Labute approximate surface area is 155 Å². The van der Waals surface area contributed by atoms with Crippen molar-refractivity contribution in [1.29, 1.82) is 10.5 Å². The minimum absolute atomic E-state index is 0.00226. The molecule has 0 saturated heterocycles. The molecular weight excluding hydrogens is 360 g/mol. The fraction of sp³-hybridized carbons (Fsp3) is 0.600. The molecule has 0 heterocycles. The summed E-state index contributed by atoms with van der Waals surface area (Å²) in [6.45, 7) is 2.43. The highest BCUT2D eigenvalue weighted by Gasteiger charge is 2.80. The van der Waals surface area contributed by atoms with Crippen molar-refractivity contribution in [1.82, 2.24) is 0 Å². The van der Waals surface area contributed by atoms with Crippen molar-refractivity contribution in [2.24, 2.45) is 10.8 Å². The van der Waals surface area contributed by atoms with Gasteiger partial charge in [0.05, 0.1) is 17.6 Å². The molecule has 1 aromatic rings. The molecule has 3 saturated carbocycles. The molecule has 1 aromatic carbocycles. The highest BCUT2D eigenvalue weighted by molar-refractivity contribution is 5.57. The molecule has 7 heteroatoms. The summed E-state index contributed by atoms with van der Waals surface area (Å²) in [5, 5.41) is 18.7. The Morgan fingerprint density at radius 2 is 1.56 bits per heavy atom. The van der Waals surface area contributed by atoms with Crippen LogP contribution in [0.2, 0.25) is 0 Å². The molecule has 3 aliphatic rings. The van der Waals surface area contributed by atoms with Crippen LogP contribution in [0.5, 0.6) is 5.75 Å². The van der Waals surface area contributed by atoms with Gasteiger partial charge >= 0.3 is 11.8 Å². The molecule has 0 atom stereocenters. The maximum absolute atomic E-state index is 14.8. The van der Waals surface area contributed by atoms with E-state index < -0.39 is 29.3 Å². The zero-order valence-corrected chi connectivity index (χ0v) is 15.2. The van der Waals surface area contributed by atoms with Gasteiger partial charge in [0.1, 0.15) is 23.5 Å². The van der Waals surface area contributed by atoms with Gasteiger partial charge in [-0.05, 0) is 43.7 Å². The molecule has 0 amide bonds. The van der Waals surface area contributed by atoms with Gasteiger partial charge in [0.15, 0.2) is 0 Å². The standard InChI is InChI=1S/C20H20F4N2O/c1-3-13-4-5-16(15(11-26)14(13)10-25)27-12-18-8-6-17(2,7-9-18)19(21,22)20(18,23)24/h4-5H,3,6-9,12H2,1-2H3. The summed E-state index contributed by atoms with van der Waals surface area (Å²) in [7, 11) is 0. The van der Waals surface area contributed by atoms with Crippen LogP contribution in [0.25, 0.3) is 0 Å². The van der Waals surface area contributed by atoms with Gasteiger partial charge in [0.2, 0.25) is 0 Å². The fourth-order valence-electron chi connectivity index (χ4n) is 4.35. The summed E-state index contributed by atoms with van der Waals surface area (Å²) in [6.07, 6.45) is 0.396. The van der Waals surface area contributed by atoms with Crippen LogP contribution in [-0.2, 0) is 6.42 Å². The molecule has 4 rings (SSSR count). The van der Waals surface area contributed by atoms with Gasteiger partial charge in [-0.2, -0.15) is 28.1 Å². The second-order valence-corrected chi connectivity index (χ2v) is 7.83. The zero-order valence-electron chi connectivity index (χ0n) is 15.2. The molecule has 144 valence electrons. The summed E-state index contributed by atoms with van der Waals surface area (Å²) >= 11 is 0. The van der Waals surface area contributed by atoms with Gasteiger partial charge in [0.25, 0.3) is 0 Å². The number of ether oxygens (including phenoxy) is 1. The number of hydrogen-bond donors (Lipinski definition) is 0. The van der Waals surface area contributed by atoms with Crippen molar-refractivity contribution in [2.45, 2.75) is 57.8 Å². The lowest BCUT2D eigenvalue weighted by Gasteiger charge is -2.59. The first kappa shape index (κ1) is 19.5. The molecule has 27 heavy (non-hydrogen) atoms. The van der Waals surface area contributed by atoms with Crippen molar-refractivity contribution >= 4 is 0 Å². The molecule has 0 unspecified atom stereocenters. The van der Waals surface area contributed by atoms with Crippen LogP contribution in [0.15, 0.2) is 12.1 Å². The Kier molecular flexibility index (Phi) is 4.42. The van der Waals surface area contributed by atoms with E-state index in [9.17, 15) is 28.1 Å². The van der Waals surface area contributed by atoms with E-state index in [-0.39, 0.29) is 42.6 Å². The van der Waals surface area contributed by atoms with E-state index in [1.165, 1.54) is 13.0 Å². The number of halogens is 4. The van der Waals surface area contributed by atoms with Crippen LogP contribution >= 0.6 is 0 Å². The fourth-order valence-corrected chi connectivity index (χ4v) is 4.35. The molecule has 3 fully saturated rings. The van der Waals surface area contributed by atoms with Gasteiger partial charge in [-0.25, -0.2) is 0 Å². The van der Waals surface area contributed by atoms with Gasteiger partial charge in [-0.3, -0.25) is 0 Å². The predicted molar refractivity (Wildman–Crippen MR) is 89.6 cm³/mol. The Hall–Kier alpha value is -2.28. The normalized spacial score (nSPS) is 30.4. The third-order valence-corrected chi connectivity index (χ3v) is 6.49. The minimum Gasteiger partial charge on any atom is -0.491 e. The first-order valence-corrected chi connectivity index (χ1v) is 8.94. The number of rotatable bonds is 4. The highest BCUT2D eigenvalue weighted by atomic mass is 19.3. The average Bonchev–Trinajstić information content (AvgIpc) is 2.65. The van der Waals surface area contributed by atoms with Crippen molar-refractivity contribution < 1.29 is 22.3 Å². The van der Waals surface area contributed by atoms with Gasteiger partial charge in [-0.15, -0.1) is 0 Å². The van der Waals surface area contributed by atoms with Crippen LogP contribution in [0, 0.1) is 33.5 Å². The number of fused-ring (bicyclic) bond motifs is 3. The monoisotopic (exact) mass is 380 g/mol. The number of alkyl halides is 4. The molecule has 3 nitrogen and oxygen atoms in total. The number of nitrogens with zero attached hydrogens (tertiary/aromatic N) is 2. The van der Waals surface area contributed by atoms with E-state index in [0.29, 0.717) is 12.0 Å². The second-order valence-electron chi connectivity index (χ2n) is 7.83. The van der Waals surface area contributed by atoms with E-state index in [1.54, 1.807) is 6.07 Å².